The van der Waals surface area contributed by atoms with Gasteiger partial charge in [0.2, 0.25) is 5.91 Å². The lowest BCUT2D eigenvalue weighted by Gasteiger charge is -2.27. The van der Waals surface area contributed by atoms with Crippen LogP contribution in [-0.4, -0.2) is 74.3 Å². The summed E-state index contributed by atoms with van der Waals surface area (Å²) in [6.45, 7) is 7.08. The number of hydrogen-bond donors (Lipinski definition) is 2. The van der Waals surface area contributed by atoms with Gasteiger partial charge >= 0.3 is 13.8 Å². The summed E-state index contributed by atoms with van der Waals surface area (Å²) in [4.78, 5) is 37.9. The normalized spacial score (nSPS) is 13.6. The first-order valence-corrected chi connectivity index (χ1v) is 37.7. The van der Waals surface area contributed by atoms with Crippen molar-refractivity contribution < 1.29 is 37.3 Å². The van der Waals surface area contributed by atoms with Gasteiger partial charge in [-0.1, -0.05) is 328 Å². The highest BCUT2D eigenvalue weighted by Crippen LogP contribution is 2.43. The van der Waals surface area contributed by atoms with Gasteiger partial charge in [-0.15, -0.1) is 0 Å². The second-order valence-electron chi connectivity index (χ2n) is 26.1. The number of ether oxygens (including phenoxy) is 1. The number of allylic oxidation sites excluding steroid dienone is 3. The molecule has 0 saturated heterocycles. The lowest BCUT2D eigenvalue weighted by atomic mass is 10.0. The van der Waals surface area contributed by atoms with E-state index in [-0.39, 0.29) is 25.1 Å². The smallest absolute Gasteiger partial charge is 0.456 e. The minimum absolute atomic E-state index is 0.0437. The largest absolute Gasteiger partial charge is 0.472 e. The van der Waals surface area contributed by atoms with E-state index in [1.165, 1.54) is 283 Å². The Morgan fingerprint density at radius 3 is 1.04 bits per heavy atom. The lowest BCUT2D eigenvalue weighted by molar-refractivity contribution is -0.870. The molecule has 10 heteroatoms. The summed E-state index contributed by atoms with van der Waals surface area (Å²) in [5, 5.41) is 3.08. The van der Waals surface area contributed by atoms with Crippen LogP contribution >= 0.6 is 7.82 Å². The molecule has 0 aromatic rings. The highest BCUT2D eigenvalue weighted by molar-refractivity contribution is 7.47. The van der Waals surface area contributed by atoms with Crippen LogP contribution in [0.2, 0.25) is 0 Å². The van der Waals surface area contributed by atoms with Crippen molar-refractivity contribution in [1.82, 2.24) is 5.32 Å². The van der Waals surface area contributed by atoms with E-state index in [2.05, 4.69) is 38.2 Å². The van der Waals surface area contributed by atoms with Crippen molar-refractivity contribution in [2.24, 2.45) is 0 Å². The molecule has 0 aliphatic heterocycles. The minimum Gasteiger partial charge on any atom is -0.456 e. The molecular weight excluding hydrogens is 1040 g/mol. The van der Waals surface area contributed by atoms with Crippen molar-refractivity contribution in [3.63, 3.8) is 0 Å². The van der Waals surface area contributed by atoms with E-state index < -0.39 is 20.0 Å². The fraction of sp³-hybridized carbons (Fsp3) is 0.917. The minimum atomic E-state index is -4.45. The number of carbonyl (C=O) groups is 2. The average molecular weight is 1180 g/mol. The van der Waals surface area contributed by atoms with E-state index >= 15 is 0 Å². The predicted molar refractivity (Wildman–Crippen MR) is 356 cm³/mol. The number of esters is 1. The Bertz CT molecular complexity index is 1450. The van der Waals surface area contributed by atoms with E-state index in [0.29, 0.717) is 23.9 Å². The molecule has 0 rings (SSSR count). The number of nitrogens with one attached hydrogen (secondary N) is 1. The van der Waals surface area contributed by atoms with Gasteiger partial charge in [0, 0.05) is 12.8 Å². The van der Waals surface area contributed by atoms with Gasteiger partial charge in [-0.3, -0.25) is 18.6 Å². The summed E-state index contributed by atoms with van der Waals surface area (Å²) in [6.07, 6.45) is 76.2. The zero-order chi connectivity index (χ0) is 60.0. The first-order valence-electron chi connectivity index (χ1n) is 36.2. The Hall–Kier alpha value is -1.51. The quantitative estimate of drug-likeness (QED) is 0.0205. The fourth-order valence-electron chi connectivity index (χ4n) is 11.1. The zero-order valence-electron chi connectivity index (χ0n) is 55.8. The third kappa shape index (κ3) is 63.0. The van der Waals surface area contributed by atoms with E-state index in [0.717, 1.165) is 57.8 Å². The van der Waals surface area contributed by atoms with Gasteiger partial charge in [0.1, 0.15) is 19.3 Å². The van der Waals surface area contributed by atoms with Crippen LogP contribution in [0, 0.1) is 0 Å². The zero-order valence-corrected chi connectivity index (χ0v) is 56.7. The number of hydrogen-bond acceptors (Lipinski definition) is 6. The molecule has 0 bridgehead atoms. The van der Waals surface area contributed by atoms with Crippen molar-refractivity contribution in [2.45, 2.75) is 386 Å². The van der Waals surface area contributed by atoms with Gasteiger partial charge in [-0.05, 0) is 57.4 Å². The van der Waals surface area contributed by atoms with Crippen LogP contribution in [0.15, 0.2) is 24.3 Å². The van der Waals surface area contributed by atoms with E-state index in [4.69, 9.17) is 13.8 Å². The van der Waals surface area contributed by atoms with Crippen molar-refractivity contribution in [3.05, 3.63) is 24.3 Å². The Morgan fingerprint density at radius 1 is 0.415 bits per heavy atom. The molecule has 0 aromatic heterocycles. The van der Waals surface area contributed by atoms with Gasteiger partial charge in [-0.25, -0.2) is 4.57 Å². The molecule has 0 saturated carbocycles. The number of amides is 1. The molecule has 0 aliphatic rings. The number of phosphoric ester groups is 1. The maximum Gasteiger partial charge on any atom is 0.472 e. The summed E-state index contributed by atoms with van der Waals surface area (Å²) in [5.41, 5.74) is 0. The van der Waals surface area contributed by atoms with Crippen molar-refractivity contribution in [1.29, 1.82) is 0 Å². The Balaban J connectivity index is 5.00. The molecule has 82 heavy (non-hydrogen) atoms. The van der Waals surface area contributed by atoms with Gasteiger partial charge < -0.3 is 19.4 Å². The number of rotatable bonds is 67. The van der Waals surface area contributed by atoms with Crippen LogP contribution in [-0.2, 0) is 27.9 Å². The summed E-state index contributed by atoms with van der Waals surface area (Å²) in [7, 11) is 1.52. The van der Waals surface area contributed by atoms with Crippen LogP contribution < -0.4 is 5.32 Å². The summed E-state index contributed by atoms with van der Waals surface area (Å²) < 4.78 is 30.8. The lowest BCUT2D eigenvalue weighted by Crippen LogP contribution is -2.47. The molecule has 0 radical (unpaired) electrons. The molecule has 3 atom stereocenters. The first-order chi connectivity index (χ1) is 39.9. The predicted octanol–water partition coefficient (Wildman–Crippen LogP) is 22.9. The number of likely N-dealkylation sites (N-methyl/N-ethyl adjacent to an activating group) is 1. The Labute approximate surface area is 511 Å². The molecule has 486 valence electrons. The van der Waals surface area contributed by atoms with Gasteiger partial charge in [0.05, 0.1) is 33.8 Å². The number of carbonyl (C=O) groups excluding carboxylic acids is 2. The van der Waals surface area contributed by atoms with Gasteiger partial charge in [0.15, 0.2) is 0 Å². The van der Waals surface area contributed by atoms with Crippen LogP contribution in [0.5, 0.6) is 0 Å². The molecular formula is C72H142N2O7P+. The molecule has 3 unspecified atom stereocenters. The van der Waals surface area contributed by atoms with E-state index in [1.807, 2.05) is 33.3 Å². The monoisotopic (exact) mass is 1180 g/mol. The second-order valence-corrected chi connectivity index (χ2v) is 27.6. The number of nitrogens with zero attached hydrogens (tertiary/aromatic N) is 1. The van der Waals surface area contributed by atoms with Crippen LogP contribution in [0.25, 0.3) is 0 Å². The third-order valence-electron chi connectivity index (χ3n) is 16.6. The molecule has 0 spiro atoms. The molecule has 0 fully saturated rings. The fourth-order valence-corrected chi connectivity index (χ4v) is 11.8. The van der Waals surface area contributed by atoms with E-state index in [9.17, 15) is 19.0 Å². The summed E-state index contributed by atoms with van der Waals surface area (Å²) in [6, 6.07) is -0.845. The van der Waals surface area contributed by atoms with Crippen LogP contribution in [0.3, 0.4) is 0 Å². The van der Waals surface area contributed by atoms with Crippen LogP contribution in [0.4, 0.5) is 0 Å². The van der Waals surface area contributed by atoms with Crippen molar-refractivity contribution in [3.8, 4) is 0 Å². The van der Waals surface area contributed by atoms with Gasteiger partial charge in [-0.2, -0.15) is 0 Å². The van der Waals surface area contributed by atoms with E-state index in [1.54, 1.807) is 0 Å². The van der Waals surface area contributed by atoms with Crippen LogP contribution in [0.1, 0.15) is 374 Å². The standard InChI is InChI=1S/C72H141N2O7P/c1-7-10-13-16-19-22-25-28-30-32-34-35-36-37-38-39-41-43-45-47-50-53-56-59-62-65-72(76)81-70(63-60-57-54-51-48-27-24-21-18-15-12-9-3)69(68-80-82(77,78)79-67-66-74(4,5)6)73-71(75)64-61-58-55-52-49-46-44-42-40-33-31-29-26-23-20-17-14-11-8-2/h29,31,60,63,69-70H,7-28,30,32-59,61-62,64-68H2,1-6H3,(H-,73,75,77,78)/p+1/b31-29+,63-60-. The number of quaternary nitrogens is 1. The first kappa shape index (κ1) is 80.5. The topological polar surface area (TPSA) is 111 Å². The Kier molecular flexibility index (Phi) is 61.4. The Morgan fingerprint density at radius 2 is 0.707 bits per heavy atom. The molecule has 0 aliphatic carbocycles. The highest BCUT2D eigenvalue weighted by atomic mass is 31.2. The SMILES string of the molecule is CCCCCCCC/C=C/CCCCCCCCCCCC(=O)NC(COP(=O)(O)OCC[N+](C)(C)C)C(/C=C\CCCCCCCCCCCC)OC(=O)CCCCCCCCCCCCCCCCCCCCCCCCCCC. The summed E-state index contributed by atoms with van der Waals surface area (Å²) in [5.74, 6) is -0.485. The molecule has 2 N–H and O–H groups in total. The highest BCUT2D eigenvalue weighted by Gasteiger charge is 2.30. The second kappa shape index (κ2) is 62.5. The van der Waals surface area contributed by atoms with Gasteiger partial charge in [0.25, 0.3) is 0 Å². The maximum atomic E-state index is 13.6. The van der Waals surface area contributed by atoms with Crippen molar-refractivity contribution >= 4 is 19.7 Å². The number of phosphoric acid groups is 1. The number of unbranched alkanes of at least 4 members (excludes halogenated alkanes) is 49. The van der Waals surface area contributed by atoms with Crippen molar-refractivity contribution in [2.75, 3.05) is 40.9 Å². The maximum absolute atomic E-state index is 13.6. The molecule has 0 aromatic carbocycles. The molecule has 9 nitrogen and oxygen atoms in total. The summed E-state index contributed by atoms with van der Waals surface area (Å²) >= 11 is 0. The molecule has 1 amide bonds. The average Bonchev–Trinajstić information content (AvgIpc) is 3.47. The third-order valence-corrected chi connectivity index (χ3v) is 17.6. The molecule has 0 heterocycles.